The molecule has 0 N–H and O–H groups in total. The minimum absolute atomic E-state index is 0.0238. The molecule has 1 heterocycles. The number of aromatic nitrogens is 1. The van der Waals surface area contributed by atoms with Crippen LogP contribution in [-0.4, -0.2) is 34.9 Å². The van der Waals surface area contributed by atoms with Gasteiger partial charge in [-0.3, -0.25) is 4.79 Å². The van der Waals surface area contributed by atoms with Crippen molar-refractivity contribution < 1.29 is 14.3 Å². The minimum Gasteiger partial charge on any atom is -0.464 e. The fourth-order valence-electron chi connectivity index (χ4n) is 2.46. The van der Waals surface area contributed by atoms with Crippen LogP contribution in [0.15, 0.2) is 36.4 Å². The van der Waals surface area contributed by atoms with Gasteiger partial charge in [-0.25, -0.2) is 9.78 Å². The van der Waals surface area contributed by atoms with Crippen LogP contribution in [0.5, 0.6) is 0 Å². The van der Waals surface area contributed by atoms with Crippen LogP contribution in [0.4, 0.5) is 0 Å². The number of esters is 1. The highest BCUT2D eigenvalue weighted by Crippen LogP contribution is 2.27. The number of halogens is 3. The van der Waals surface area contributed by atoms with Crippen LogP contribution in [0.25, 0.3) is 0 Å². The van der Waals surface area contributed by atoms with Crippen LogP contribution >= 0.6 is 34.8 Å². The first-order chi connectivity index (χ1) is 12.4. The van der Waals surface area contributed by atoms with Gasteiger partial charge in [0, 0.05) is 11.6 Å². The number of amides is 1. The summed E-state index contributed by atoms with van der Waals surface area (Å²) in [4.78, 5) is 31.0. The van der Waals surface area contributed by atoms with E-state index in [1.165, 1.54) is 17.0 Å². The molecule has 0 radical (unpaired) electrons. The molecule has 0 aliphatic carbocycles. The molecule has 0 aliphatic rings. The number of rotatable bonds is 6. The molecule has 1 aromatic carbocycles. The van der Waals surface area contributed by atoms with E-state index >= 15 is 0 Å². The number of hydrogen-bond acceptors (Lipinski definition) is 4. The van der Waals surface area contributed by atoms with Crippen LogP contribution in [0.2, 0.25) is 15.2 Å². The molecule has 138 valence electrons. The summed E-state index contributed by atoms with van der Waals surface area (Å²) in [5.74, 6) is -1.07. The molecule has 1 atom stereocenters. The molecule has 26 heavy (non-hydrogen) atoms. The zero-order valence-corrected chi connectivity index (χ0v) is 16.5. The summed E-state index contributed by atoms with van der Waals surface area (Å²) in [6.45, 7) is 3.86. The van der Waals surface area contributed by atoms with Crippen molar-refractivity contribution in [3.05, 3.63) is 62.9 Å². The van der Waals surface area contributed by atoms with Crippen LogP contribution in [0.3, 0.4) is 0 Å². The number of carbonyl (C=O) groups excluding carboxylic acids is 2. The molecule has 0 bridgehead atoms. The highest BCUT2D eigenvalue weighted by atomic mass is 35.5. The van der Waals surface area contributed by atoms with Crippen molar-refractivity contribution in [1.29, 1.82) is 0 Å². The van der Waals surface area contributed by atoms with Crippen molar-refractivity contribution in [1.82, 2.24) is 9.88 Å². The molecule has 0 saturated carbocycles. The molecule has 0 aliphatic heterocycles. The second kappa shape index (κ2) is 9.21. The van der Waals surface area contributed by atoms with E-state index < -0.39 is 17.9 Å². The molecule has 0 spiro atoms. The summed E-state index contributed by atoms with van der Waals surface area (Å²) in [6.07, 6.45) is 0. The van der Waals surface area contributed by atoms with Crippen molar-refractivity contribution in [3.63, 3.8) is 0 Å². The molecule has 2 aromatic rings. The van der Waals surface area contributed by atoms with Gasteiger partial charge in [0.15, 0.2) is 6.04 Å². The Morgan fingerprint density at radius 3 is 2.31 bits per heavy atom. The lowest BCUT2D eigenvalue weighted by Crippen LogP contribution is -2.40. The van der Waals surface area contributed by atoms with E-state index in [4.69, 9.17) is 39.5 Å². The highest BCUT2D eigenvalue weighted by Gasteiger charge is 2.33. The van der Waals surface area contributed by atoms with E-state index in [0.29, 0.717) is 10.6 Å². The number of ether oxygens (including phenoxy) is 1. The van der Waals surface area contributed by atoms with Crippen LogP contribution < -0.4 is 0 Å². The van der Waals surface area contributed by atoms with E-state index in [1.807, 2.05) is 0 Å². The average Bonchev–Trinajstić information content (AvgIpc) is 2.62. The van der Waals surface area contributed by atoms with Gasteiger partial charge in [0.05, 0.1) is 11.6 Å². The lowest BCUT2D eigenvalue weighted by atomic mass is 10.0. The van der Waals surface area contributed by atoms with Gasteiger partial charge in [0.1, 0.15) is 10.8 Å². The third kappa shape index (κ3) is 4.67. The lowest BCUT2D eigenvalue weighted by Gasteiger charge is -2.29. The normalized spacial score (nSPS) is 11.7. The van der Waals surface area contributed by atoms with Crippen molar-refractivity contribution >= 4 is 46.7 Å². The number of carbonyl (C=O) groups is 2. The van der Waals surface area contributed by atoms with E-state index in [2.05, 4.69) is 4.98 Å². The summed E-state index contributed by atoms with van der Waals surface area (Å²) >= 11 is 17.9. The summed E-state index contributed by atoms with van der Waals surface area (Å²) < 4.78 is 5.17. The predicted octanol–water partition coefficient (Wildman–Crippen LogP) is 4.81. The van der Waals surface area contributed by atoms with Gasteiger partial charge in [0.25, 0.3) is 5.91 Å². The Morgan fingerprint density at radius 2 is 1.73 bits per heavy atom. The molecule has 1 aromatic heterocycles. The third-order valence-electron chi connectivity index (χ3n) is 3.62. The maximum absolute atomic E-state index is 13.0. The van der Waals surface area contributed by atoms with Gasteiger partial charge < -0.3 is 9.64 Å². The van der Waals surface area contributed by atoms with Crippen molar-refractivity contribution in [3.8, 4) is 0 Å². The van der Waals surface area contributed by atoms with Gasteiger partial charge in [-0.05, 0) is 43.7 Å². The van der Waals surface area contributed by atoms with E-state index in [1.54, 1.807) is 38.1 Å². The first kappa shape index (κ1) is 20.5. The summed E-state index contributed by atoms with van der Waals surface area (Å²) in [5.41, 5.74) is 0.547. The van der Waals surface area contributed by atoms with E-state index in [9.17, 15) is 9.59 Å². The first-order valence-corrected chi connectivity index (χ1v) is 9.07. The Kier molecular flexibility index (Phi) is 7.26. The van der Waals surface area contributed by atoms with Gasteiger partial charge in [-0.2, -0.15) is 0 Å². The van der Waals surface area contributed by atoms with Crippen molar-refractivity contribution in [2.45, 2.75) is 19.9 Å². The Bertz CT molecular complexity index is 797. The number of nitrogens with zero attached hydrogens (tertiary/aromatic N) is 2. The number of hydrogen-bond donors (Lipinski definition) is 0. The second-order valence-electron chi connectivity index (χ2n) is 5.26. The van der Waals surface area contributed by atoms with Gasteiger partial charge in [-0.15, -0.1) is 0 Å². The molecule has 1 amide bonds. The van der Waals surface area contributed by atoms with Crippen molar-refractivity contribution in [2.24, 2.45) is 0 Å². The maximum atomic E-state index is 13.0. The molecule has 8 heteroatoms. The number of benzene rings is 1. The van der Waals surface area contributed by atoms with E-state index in [0.717, 1.165) is 0 Å². The first-order valence-electron chi connectivity index (χ1n) is 7.94. The Balaban J connectivity index is 2.48. The van der Waals surface area contributed by atoms with E-state index in [-0.39, 0.29) is 29.0 Å². The number of pyridine rings is 1. The molecular formula is C18H17Cl3N2O3. The van der Waals surface area contributed by atoms with Crippen LogP contribution in [-0.2, 0) is 9.53 Å². The molecule has 5 nitrogen and oxygen atoms in total. The minimum atomic E-state index is -0.957. The summed E-state index contributed by atoms with van der Waals surface area (Å²) in [5, 5.41) is 0.801. The van der Waals surface area contributed by atoms with Gasteiger partial charge in [0.2, 0.25) is 0 Å². The fourth-order valence-corrected chi connectivity index (χ4v) is 2.92. The molecule has 1 unspecified atom stereocenters. The molecule has 0 fully saturated rings. The van der Waals surface area contributed by atoms with Crippen LogP contribution in [0.1, 0.15) is 35.9 Å². The smallest absolute Gasteiger partial charge is 0.333 e. The molecular weight excluding hydrogens is 399 g/mol. The summed E-state index contributed by atoms with van der Waals surface area (Å²) in [7, 11) is 0. The predicted molar refractivity (Wildman–Crippen MR) is 102 cm³/mol. The maximum Gasteiger partial charge on any atom is 0.333 e. The van der Waals surface area contributed by atoms with Crippen molar-refractivity contribution in [2.75, 3.05) is 13.2 Å². The fraction of sp³-hybridized carbons (Fsp3) is 0.278. The number of likely N-dealkylation sites (N-methyl/N-ethyl adjacent to an activating group) is 1. The quantitative estimate of drug-likeness (QED) is 0.502. The SMILES string of the molecule is CCOC(=O)C(c1ccc(Cl)cc1)N(CC)C(=O)c1nc(Cl)ccc1Cl. The summed E-state index contributed by atoms with van der Waals surface area (Å²) in [6, 6.07) is 8.65. The zero-order chi connectivity index (χ0) is 19.3. The topological polar surface area (TPSA) is 59.5 Å². The monoisotopic (exact) mass is 414 g/mol. The van der Waals surface area contributed by atoms with Crippen LogP contribution in [0, 0.1) is 0 Å². The average molecular weight is 416 g/mol. The zero-order valence-electron chi connectivity index (χ0n) is 14.2. The Labute approximate surface area is 166 Å². The molecule has 0 saturated heterocycles. The standard InChI is InChI=1S/C18H17Cl3N2O3/c1-3-23(17(24)15-13(20)9-10-14(21)22-15)16(18(25)26-4-2)11-5-7-12(19)8-6-11/h5-10,16H,3-4H2,1-2H3. The Hall–Kier alpha value is -1.82. The Morgan fingerprint density at radius 1 is 1.08 bits per heavy atom. The third-order valence-corrected chi connectivity index (χ3v) is 4.39. The highest BCUT2D eigenvalue weighted by molar-refractivity contribution is 6.34. The second-order valence-corrected chi connectivity index (χ2v) is 6.49. The molecule has 2 rings (SSSR count). The largest absolute Gasteiger partial charge is 0.464 e. The van der Waals surface area contributed by atoms with Gasteiger partial charge >= 0.3 is 5.97 Å². The van der Waals surface area contributed by atoms with Gasteiger partial charge in [-0.1, -0.05) is 46.9 Å². The lowest BCUT2D eigenvalue weighted by molar-refractivity contribution is -0.148.